The monoisotopic (exact) mass is 374 g/mol. The van der Waals surface area contributed by atoms with Crippen LogP contribution in [0.2, 0.25) is 0 Å². The summed E-state index contributed by atoms with van der Waals surface area (Å²) in [5, 5.41) is 6.03. The van der Waals surface area contributed by atoms with Crippen LogP contribution in [0.1, 0.15) is 30.0 Å². The van der Waals surface area contributed by atoms with Crippen LogP contribution in [0.5, 0.6) is 0 Å². The average Bonchev–Trinajstić information content (AvgIpc) is 3.20. The summed E-state index contributed by atoms with van der Waals surface area (Å²) >= 11 is 0. The first-order valence-corrected chi connectivity index (χ1v) is 8.53. The fourth-order valence-corrected chi connectivity index (χ4v) is 2.98. The Morgan fingerprint density at radius 2 is 1.62 bits per heavy atom. The van der Waals surface area contributed by atoms with Gasteiger partial charge in [0, 0.05) is 0 Å². The number of rotatable bonds is 6. The fraction of sp³-hybridized carbons (Fsp3) is 0.300. The summed E-state index contributed by atoms with van der Waals surface area (Å²) in [5.41, 5.74) is 1.96. The summed E-state index contributed by atoms with van der Waals surface area (Å²) in [6.45, 7) is 0.545. The van der Waals surface area contributed by atoms with E-state index < -0.39 is 0 Å². The van der Waals surface area contributed by atoms with Gasteiger partial charge in [-0.1, -0.05) is 60.7 Å². The lowest BCUT2D eigenvalue weighted by molar-refractivity contribution is -0.150. The molecule has 0 aliphatic carbocycles. The molecule has 1 fully saturated rings. The van der Waals surface area contributed by atoms with Crippen LogP contribution in [0.4, 0.5) is 0 Å². The molecule has 1 atom stereocenters. The minimum Gasteiger partial charge on any atom is -0.454 e. The SMILES string of the molecule is Cl.O=C(COC(=O)[C@@H]1CCCN1)NC(c1ccccc1)c1ccccc1. The predicted octanol–water partition coefficient (Wildman–Crippen LogP) is 2.61. The van der Waals surface area contributed by atoms with Crippen molar-refractivity contribution >= 4 is 24.3 Å². The standard InChI is InChI=1S/C20H22N2O3.ClH/c23-18(14-25-20(24)17-12-7-13-21-17)22-19(15-8-3-1-4-9-15)16-10-5-2-6-11-16;/h1-6,8-11,17,19,21H,7,12-14H2,(H,22,23);1H/t17-;/m0./s1. The third-order valence-corrected chi connectivity index (χ3v) is 4.26. The van der Waals surface area contributed by atoms with Gasteiger partial charge in [0.25, 0.3) is 5.91 Å². The molecular formula is C20H23ClN2O3. The maximum atomic E-state index is 12.3. The van der Waals surface area contributed by atoms with Crippen molar-refractivity contribution in [3.05, 3.63) is 71.8 Å². The lowest BCUT2D eigenvalue weighted by Crippen LogP contribution is -2.37. The molecule has 0 radical (unpaired) electrons. The maximum absolute atomic E-state index is 12.3. The molecule has 2 N–H and O–H groups in total. The van der Waals surface area contributed by atoms with Crippen LogP contribution in [-0.4, -0.2) is 31.1 Å². The fourth-order valence-electron chi connectivity index (χ4n) is 2.98. The van der Waals surface area contributed by atoms with E-state index in [1.807, 2.05) is 60.7 Å². The quantitative estimate of drug-likeness (QED) is 0.763. The van der Waals surface area contributed by atoms with E-state index in [1.54, 1.807) is 0 Å². The zero-order chi connectivity index (χ0) is 17.5. The largest absolute Gasteiger partial charge is 0.454 e. The highest BCUT2D eigenvalue weighted by atomic mass is 35.5. The lowest BCUT2D eigenvalue weighted by Gasteiger charge is -2.20. The van der Waals surface area contributed by atoms with Crippen LogP contribution in [-0.2, 0) is 14.3 Å². The van der Waals surface area contributed by atoms with Crippen molar-refractivity contribution in [2.24, 2.45) is 0 Å². The Hall–Kier alpha value is -2.37. The number of carbonyl (C=O) groups excluding carboxylic acids is 2. The molecule has 1 heterocycles. The van der Waals surface area contributed by atoms with Crippen LogP contribution in [0, 0.1) is 0 Å². The van der Waals surface area contributed by atoms with Crippen molar-refractivity contribution in [1.82, 2.24) is 10.6 Å². The number of benzene rings is 2. The van der Waals surface area contributed by atoms with E-state index >= 15 is 0 Å². The normalized spacial score (nSPS) is 16.0. The smallest absolute Gasteiger partial charge is 0.323 e. The predicted molar refractivity (Wildman–Crippen MR) is 102 cm³/mol. The van der Waals surface area contributed by atoms with E-state index in [2.05, 4.69) is 10.6 Å². The zero-order valence-corrected chi connectivity index (χ0v) is 15.2. The molecule has 0 spiro atoms. The van der Waals surface area contributed by atoms with Gasteiger partial charge in [0.2, 0.25) is 0 Å². The molecule has 0 bridgehead atoms. The summed E-state index contributed by atoms with van der Waals surface area (Å²) in [5.74, 6) is -0.673. The van der Waals surface area contributed by atoms with Gasteiger partial charge < -0.3 is 15.4 Å². The highest BCUT2D eigenvalue weighted by Gasteiger charge is 2.24. The van der Waals surface area contributed by atoms with Crippen molar-refractivity contribution in [3.63, 3.8) is 0 Å². The number of carbonyl (C=O) groups is 2. The molecule has 3 rings (SSSR count). The van der Waals surface area contributed by atoms with Gasteiger partial charge in [-0.25, -0.2) is 0 Å². The van der Waals surface area contributed by atoms with Gasteiger partial charge in [-0.15, -0.1) is 12.4 Å². The Labute approximate surface area is 159 Å². The van der Waals surface area contributed by atoms with Gasteiger partial charge in [-0.05, 0) is 30.5 Å². The number of nitrogens with one attached hydrogen (secondary N) is 2. The number of ether oxygens (including phenoxy) is 1. The van der Waals surface area contributed by atoms with Gasteiger partial charge in [-0.3, -0.25) is 9.59 Å². The number of amides is 1. The lowest BCUT2D eigenvalue weighted by atomic mass is 9.99. The Bertz CT molecular complexity index is 664. The van der Waals surface area contributed by atoms with Gasteiger partial charge in [0.05, 0.1) is 6.04 Å². The summed E-state index contributed by atoms with van der Waals surface area (Å²) in [7, 11) is 0. The molecule has 1 saturated heterocycles. The average molecular weight is 375 g/mol. The molecule has 6 heteroatoms. The highest BCUT2D eigenvalue weighted by Crippen LogP contribution is 2.21. The molecule has 26 heavy (non-hydrogen) atoms. The molecule has 1 amide bonds. The number of esters is 1. The maximum Gasteiger partial charge on any atom is 0.323 e. The molecule has 2 aromatic carbocycles. The van der Waals surface area contributed by atoms with E-state index in [1.165, 1.54) is 0 Å². The molecule has 0 saturated carbocycles. The van der Waals surface area contributed by atoms with Crippen molar-refractivity contribution in [2.75, 3.05) is 13.2 Å². The van der Waals surface area contributed by atoms with E-state index in [9.17, 15) is 9.59 Å². The van der Waals surface area contributed by atoms with Crippen LogP contribution < -0.4 is 10.6 Å². The minimum absolute atomic E-state index is 0. The summed E-state index contributed by atoms with van der Waals surface area (Å²) in [6, 6.07) is 18.9. The van der Waals surface area contributed by atoms with Crippen molar-refractivity contribution in [3.8, 4) is 0 Å². The first kappa shape index (κ1) is 19.9. The topological polar surface area (TPSA) is 67.4 Å². The Morgan fingerprint density at radius 1 is 1.04 bits per heavy atom. The number of halogens is 1. The first-order chi connectivity index (χ1) is 12.2. The van der Waals surface area contributed by atoms with E-state index in [0.29, 0.717) is 0 Å². The van der Waals surface area contributed by atoms with E-state index in [0.717, 1.165) is 30.5 Å². The highest BCUT2D eigenvalue weighted by molar-refractivity contribution is 5.85. The van der Waals surface area contributed by atoms with Crippen molar-refractivity contribution in [2.45, 2.75) is 24.9 Å². The van der Waals surface area contributed by atoms with Crippen LogP contribution in [0.15, 0.2) is 60.7 Å². The van der Waals surface area contributed by atoms with Gasteiger partial charge in [-0.2, -0.15) is 0 Å². The number of hydrogen-bond acceptors (Lipinski definition) is 4. The van der Waals surface area contributed by atoms with Crippen molar-refractivity contribution in [1.29, 1.82) is 0 Å². The van der Waals surface area contributed by atoms with Gasteiger partial charge in [0.1, 0.15) is 6.04 Å². The molecular weight excluding hydrogens is 352 g/mol. The molecule has 5 nitrogen and oxygen atoms in total. The third kappa shape index (κ3) is 5.31. The first-order valence-electron chi connectivity index (χ1n) is 8.53. The minimum atomic E-state index is -0.358. The molecule has 138 valence electrons. The summed E-state index contributed by atoms with van der Waals surface area (Å²) < 4.78 is 5.15. The van der Waals surface area contributed by atoms with Crippen LogP contribution in [0.3, 0.4) is 0 Å². The third-order valence-electron chi connectivity index (χ3n) is 4.26. The Kier molecular flexibility index (Phi) is 7.63. The van der Waals surface area contributed by atoms with Gasteiger partial charge in [0.15, 0.2) is 6.61 Å². The molecule has 0 unspecified atom stereocenters. The van der Waals surface area contributed by atoms with Crippen LogP contribution in [0.25, 0.3) is 0 Å². The molecule has 0 aromatic heterocycles. The van der Waals surface area contributed by atoms with Crippen molar-refractivity contribution < 1.29 is 14.3 Å². The molecule has 1 aliphatic rings. The second-order valence-corrected chi connectivity index (χ2v) is 6.08. The molecule has 1 aliphatic heterocycles. The summed E-state index contributed by atoms with van der Waals surface area (Å²) in [6.07, 6.45) is 1.72. The Balaban J connectivity index is 0.00000243. The van der Waals surface area contributed by atoms with E-state index in [-0.39, 0.29) is 43.0 Å². The van der Waals surface area contributed by atoms with E-state index in [4.69, 9.17) is 4.74 Å². The zero-order valence-electron chi connectivity index (χ0n) is 14.4. The number of hydrogen-bond donors (Lipinski definition) is 2. The Morgan fingerprint density at radius 3 is 2.12 bits per heavy atom. The second kappa shape index (κ2) is 9.94. The van der Waals surface area contributed by atoms with Crippen LogP contribution >= 0.6 is 12.4 Å². The summed E-state index contributed by atoms with van der Waals surface area (Å²) in [4.78, 5) is 24.2. The molecule has 2 aromatic rings. The van der Waals surface area contributed by atoms with Gasteiger partial charge >= 0.3 is 5.97 Å². The second-order valence-electron chi connectivity index (χ2n) is 6.08.